The zero-order valence-electron chi connectivity index (χ0n) is 13.8. The summed E-state index contributed by atoms with van der Waals surface area (Å²) in [7, 11) is 0. The van der Waals surface area contributed by atoms with Crippen LogP contribution in [0, 0.1) is 0 Å². The van der Waals surface area contributed by atoms with E-state index < -0.39 is 14.1 Å². The summed E-state index contributed by atoms with van der Waals surface area (Å²) in [6, 6.07) is 15.2. The van der Waals surface area contributed by atoms with Crippen molar-refractivity contribution in [1.29, 1.82) is 0 Å². The Morgan fingerprint density at radius 1 is 1.22 bits per heavy atom. The first-order chi connectivity index (χ1) is 13.1. The van der Waals surface area contributed by atoms with E-state index in [4.69, 9.17) is 0 Å². The van der Waals surface area contributed by atoms with Crippen molar-refractivity contribution in [2.75, 3.05) is 15.0 Å². The monoisotopic (exact) mass is 528 g/mol. The van der Waals surface area contributed by atoms with E-state index in [0.29, 0.717) is 16.0 Å². The third kappa shape index (κ3) is 4.30. The molecule has 0 aliphatic carbocycles. The third-order valence-corrected chi connectivity index (χ3v) is 9.71. The van der Waals surface area contributed by atoms with Crippen LogP contribution in [0.4, 0.5) is 10.8 Å². The first-order valence-corrected chi connectivity index (χ1v) is 12.8. The van der Waals surface area contributed by atoms with E-state index in [1.165, 1.54) is 23.1 Å². The molecule has 27 heavy (non-hydrogen) atoms. The molecule has 1 aliphatic rings. The van der Waals surface area contributed by atoms with E-state index in [2.05, 4.69) is 31.4 Å². The molecule has 1 aliphatic heterocycles. The third-order valence-electron chi connectivity index (χ3n) is 3.74. The number of amides is 1. The number of hydrogen-bond donors (Lipinski definition) is 1. The van der Waals surface area contributed by atoms with Crippen LogP contribution in [-0.2, 0) is 15.2 Å². The Morgan fingerprint density at radius 3 is 2.78 bits per heavy atom. The van der Waals surface area contributed by atoms with Crippen molar-refractivity contribution < 1.29 is 8.63 Å². The molecule has 138 valence electrons. The van der Waals surface area contributed by atoms with Gasteiger partial charge in [0.2, 0.25) is 0 Å². The fourth-order valence-electron chi connectivity index (χ4n) is 2.49. The molecule has 0 spiro atoms. The average molecular weight is 528 g/mol. The van der Waals surface area contributed by atoms with E-state index in [-0.39, 0.29) is 11.7 Å². The molecule has 0 radical (unpaired) electrons. The number of carbonyl (C=O) groups excluding carboxylic acids is 1. The summed E-state index contributed by atoms with van der Waals surface area (Å²) in [6.07, 6.45) is 0. The van der Waals surface area contributed by atoms with Gasteiger partial charge in [0, 0.05) is 0 Å². The van der Waals surface area contributed by atoms with Crippen LogP contribution in [0.25, 0.3) is 0 Å². The zero-order valence-corrected chi connectivity index (χ0v) is 18.7. The second-order valence-electron chi connectivity index (χ2n) is 5.59. The number of benzene rings is 2. The molecule has 1 unspecified atom stereocenters. The molecule has 3 aromatic rings. The second-order valence-corrected chi connectivity index (χ2v) is 11.6. The summed E-state index contributed by atoms with van der Waals surface area (Å²) < 4.78 is 17.1. The molecule has 0 bridgehead atoms. The number of nitrogens with one attached hydrogen (secondary N) is 1. The number of halogens is 1. The molecule has 4 rings (SSSR count). The molecular weight excluding hydrogens is 515 g/mol. The molecule has 0 saturated carbocycles. The van der Waals surface area contributed by atoms with Crippen molar-refractivity contribution in [3.63, 3.8) is 0 Å². The van der Waals surface area contributed by atoms with E-state index in [9.17, 15) is 8.63 Å². The van der Waals surface area contributed by atoms with Gasteiger partial charge in [-0.3, -0.25) is 0 Å². The number of anilines is 2. The van der Waals surface area contributed by atoms with Crippen molar-refractivity contribution in [3.8, 4) is 0 Å². The first-order valence-electron chi connectivity index (χ1n) is 7.89. The predicted molar refractivity (Wildman–Crippen MR) is 112 cm³/mol. The van der Waals surface area contributed by atoms with Crippen molar-refractivity contribution in [3.05, 3.63) is 58.6 Å². The molecule has 1 N–H and O–H groups in total. The molecule has 0 saturated heterocycles. The minimum absolute atomic E-state index is 0.109. The van der Waals surface area contributed by atoms with Crippen LogP contribution in [0.3, 0.4) is 0 Å². The summed E-state index contributed by atoms with van der Waals surface area (Å²) in [6.45, 7) is 0.591. The van der Waals surface area contributed by atoms with Gasteiger partial charge in [-0.2, -0.15) is 0 Å². The summed E-state index contributed by atoms with van der Waals surface area (Å²) in [5, 5.41) is 11.8. The van der Waals surface area contributed by atoms with Gasteiger partial charge in [0.05, 0.1) is 0 Å². The van der Waals surface area contributed by atoms with E-state index in [0.717, 1.165) is 20.2 Å². The number of hydrogen-bond acceptors (Lipinski definition) is 6. The summed E-state index contributed by atoms with van der Waals surface area (Å²) >= 11 is 3.74. The summed E-state index contributed by atoms with van der Waals surface area (Å²) in [5.74, 6) is 0.130. The average Bonchev–Trinajstić information content (AvgIpc) is 3.27. The molecule has 6 nitrogen and oxygen atoms in total. The van der Waals surface area contributed by atoms with E-state index in [1.54, 1.807) is 0 Å². The zero-order chi connectivity index (χ0) is 18.8. The number of aromatic nitrogens is 2. The van der Waals surface area contributed by atoms with Crippen LogP contribution in [0.2, 0.25) is 0 Å². The predicted octanol–water partition coefficient (Wildman–Crippen LogP) is 3.18. The second kappa shape index (κ2) is 8.20. The number of rotatable bonds is 5. The molecule has 0 fully saturated rings. The molecule has 2 aromatic carbocycles. The van der Waals surface area contributed by atoms with Crippen molar-refractivity contribution in [1.82, 2.24) is 10.2 Å². The van der Waals surface area contributed by atoms with Crippen LogP contribution in [0.5, 0.6) is 0 Å². The fraction of sp³-hybridized carbons (Fsp3) is 0.118. The normalized spacial score (nSPS) is 15.6. The molecule has 1 amide bonds. The maximum atomic E-state index is 12.7. The van der Waals surface area contributed by atoms with Gasteiger partial charge in [0.15, 0.2) is 0 Å². The topological polar surface area (TPSA) is 75.2 Å². The van der Waals surface area contributed by atoms with E-state index in [1.807, 2.05) is 52.4 Å². The summed E-state index contributed by atoms with van der Waals surface area (Å²) in [5.41, 5.74) is 1.83. The van der Waals surface area contributed by atoms with Gasteiger partial charge in [-0.15, -0.1) is 0 Å². The van der Waals surface area contributed by atoms with Gasteiger partial charge in [-0.1, -0.05) is 15.9 Å². The van der Waals surface area contributed by atoms with Crippen molar-refractivity contribution >= 4 is 74.3 Å². The quantitative estimate of drug-likeness (QED) is 0.405. The van der Waals surface area contributed by atoms with Crippen molar-refractivity contribution in [2.45, 2.75) is 10.9 Å². The standard InChI is InChI=1S/C17H13BrN4O2S2Se/c18-12-5-7-13(8-6-12)19-15(23)10-25-17-21-20-16(26-17)22-9-11-3-1-2-4-14(11)27(22)24/h1-8H,9-10H2,(H,19,23). The van der Waals surface area contributed by atoms with Crippen molar-refractivity contribution in [2.24, 2.45) is 0 Å². The Balaban J connectivity index is 1.35. The van der Waals surface area contributed by atoms with Gasteiger partial charge in [-0.05, 0) is 0 Å². The molecule has 2 heterocycles. The first kappa shape index (κ1) is 18.8. The number of fused-ring (bicyclic) bond motifs is 1. The Bertz CT molecular complexity index is 1010. The van der Waals surface area contributed by atoms with Gasteiger partial charge >= 0.3 is 162 Å². The molecule has 10 heteroatoms. The molecular formula is C17H13BrN4O2S2Se. The van der Waals surface area contributed by atoms with Gasteiger partial charge in [-0.25, -0.2) is 0 Å². The maximum absolute atomic E-state index is 12.7. The van der Waals surface area contributed by atoms with E-state index >= 15 is 0 Å². The Hall–Kier alpha value is -1.58. The van der Waals surface area contributed by atoms with Gasteiger partial charge in [0.25, 0.3) is 0 Å². The van der Waals surface area contributed by atoms with Crippen LogP contribution in [-0.4, -0.2) is 35.9 Å². The Kier molecular flexibility index (Phi) is 5.70. The molecule has 1 atom stereocenters. The molecule has 1 aromatic heterocycles. The minimum atomic E-state index is -2.32. The SMILES string of the molecule is O=C(CSc1nnc(N2Cc3ccccc3[Se]2=O)s1)Nc1ccc(Br)cc1. The Labute approximate surface area is 176 Å². The van der Waals surface area contributed by atoms with Crippen LogP contribution in [0.15, 0.2) is 57.3 Å². The van der Waals surface area contributed by atoms with Crippen LogP contribution >= 0.6 is 39.0 Å². The van der Waals surface area contributed by atoms with Crippen LogP contribution < -0.4 is 13.7 Å². The van der Waals surface area contributed by atoms with Crippen LogP contribution in [0.1, 0.15) is 5.56 Å². The Morgan fingerprint density at radius 2 is 2.00 bits per heavy atom. The van der Waals surface area contributed by atoms with Gasteiger partial charge in [0.1, 0.15) is 0 Å². The number of nitrogens with zero attached hydrogens (tertiary/aromatic N) is 3. The van der Waals surface area contributed by atoms with Gasteiger partial charge < -0.3 is 0 Å². The summed E-state index contributed by atoms with van der Waals surface area (Å²) in [4.78, 5) is 12.1. The number of carbonyl (C=O) groups is 1. The fourth-order valence-corrected chi connectivity index (χ4v) is 7.46. The number of thioether (sulfide) groups is 1.